The van der Waals surface area contributed by atoms with Crippen LogP contribution in [-0.4, -0.2) is 44.0 Å². The first-order valence-electron chi connectivity index (χ1n) is 5.91. The van der Waals surface area contributed by atoms with E-state index in [2.05, 4.69) is 10.3 Å². The van der Waals surface area contributed by atoms with Crippen LogP contribution in [-0.2, 0) is 0 Å². The highest BCUT2D eigenvalue weighted by molar-refractivity contribution is 8.14. The quantitative estimate of drug-likeness (QED) is 0.830. The number of benzene rings is 1. The summed E-state index contributed by atoms with van der Waals surface area (Å²) >= 11 is 1.41. The number of hydrogen-bond acceptors (Lipinski definition) is 6. The smallest absolute Gasteiger partial charge is 0.177 e. The molecule has 0 aliphatic carbocycles. The van der Waals surface area contributed by atoms with Crippen molar-refractivity contribution in [3.63, 3.8) is 0 Å². The number of ketones is 1. The fraction of sp³-hybridized carbons (Fsp3) is 0.385. The first-order valence-corrected chi connectivity index (χ1v) is 6.89. The number of methoxy groups -OCH3 is 2. The van der Waals surface area contributed by atoms with Crippen LogP contribution in [0, 0.1) is 0 Å². The molecular weight excluding hydrogens is 264 g/mol. The molecule has 1 N–H and O–H groups in total. The molecule has 0 amide bonds. The van der Waals surface area contributed by atoms with Gasteiger partial charge >= 0.3 is 0 Å². The maximum Gasteiger partial charge on any atom is 0.177 e. The Balaban J connectivity index is 2.08. The molecule has 1 aliphatic heterocycles. The van der Waals surface area contributed by atoms with Crippen molar-refractivity contribution in [3.05, 3.63) is 23.8 Å². The predicted octanol–water partition coefficient (Wildman–Crippen LogP) is 1.58. The van der Waals surface area contributed by atoms with Crippen LogP contribution in [0.25, 0.3) is 0 Å². The third-order valence-electron chi connectivity index (χ3n) is 2.69. The van der Waals surface area contributed by atoms with Crippen LogP contribution < -0.4 is 14.8 Å². The van der Waals surface area contributed by atoms with Gasteiger partial charge in [-0.2, -0.15) is 0 Å². The van der Waals surface area contributed by atoms with Gasteiger partial charge in [0.25, 0.3) is 0 Å². The van der Waals surface area contributed by atoms with Gasteiger partial charge in [-0.3, -0.25) is 9.79 Å². The van der Waals surface area contributed by atoms with Crippen LogP contribution in [0.2, 0.25) is 0 Å². The van der Waals surface area contributed by atoms with Gasteiger partial charge in [-0.1, -0.05) is 11.8 Å². The first kappa shape index (κ1) is 13.7. The molecule has 0 atom stereocenters. The van der Waals surface area contributed by atoms with Crippen LogP contribution >= 0.6 is 11.8 Å². The fourth-order valence-corrected chi connectivity index (χ4v) is 2.53. The van der Waals surface area contributed by atoms with E-state index in [0.717, 1.165) is 18.3 Å². The summed E-state index contributed by atoms with van der Waals surface area (Å²) in [5, 5.41) is 3.95. The molecule has 0 saturated carbocycles. The number of Topliss-reactive ketones (excluding diaryl/α,β-unsaturated/α-hetero) is 1. The normalized spacial score (nSPS) is 13.7. The van der Waals surface area contributed by atoms with Gasteiger partial charge in [0.15, 0.2) is 11.0 Å². The molecule has 6 heteroatoms. The van der Waals surface area contributed by atoms with Crippen molar-refractivity contribution < 1.29 is 14.3 Å². The zero-order valence-electron chi connectivity index (χ0n) is 10.9. The number of ether oxygens (including phenoxy) is 2. The number of nitrogens with zero attached hydrogens (tertiary/aromatic N) is 1. The van der Waals surface area contributed by atoms with E-state index in [9.17, 15) is 4.79 Å². The summed E-state index contributed by atoms with van der Waals surface area (Å²) in [5.74, 6) is 1.53. The van der Waals surface area contributed by atoms with Gasteiger partial charge < -0.3 is 14.8 Å². The molecule has 0 spiro atoms. The van der Waals surface area contributed by atoms with Crippen molar-refractivity contribution in [1.29, 1.82) is 0 Å². The summed E-state index contributed by atoms with van der Waals surface area (Å²) in [6.45, 7) is 1.62. The second-order valence-corrected chi connectivity index (χ2v) is 4.86. The Morgan fingerprint density at radius 1 is 1.42 bits per heavy atom. The number of amidine groups is 1. The van der Waals surface area contributed by atoms with Crippen molar-refractivity contribution >= 4 is 22.7 Å². The molecule has 0 unspecified atom stereocenters. The highest BCUT2D eigenvalue weighted by Crippen LogP contribution is 2.25. The standard InChI is InChI=1S/C13H16N2O3S/c1-17-9-3-4-12(18-2)10(7-9)11(16)8-19-13-14-5-6-15-13/h3-4,7H,5-6,8H2,1-2H3,(H,14,15). The van der Waals surface area contributed by atoms with Crippen LogP contribution in [0.1, 0.15) is 10.4 Å². The highest BCUT2D eigenvalue weighted by Gasteiger charge is 2.15. The molecule has 1 heterocycles. The average Bonchev–Trinajstić information content (AvgIpc) is 2.97. The predicted molar refractivity (Wildman–Crippen MR) is 76.6 cm³/mol. The third-order valence-corrected chi connectivity index (χ3v) is 3.64. The lowest BCUT2D eigenvalue weighted by atomic mass is 10.1. The summed E-state index contributed by atoms with van der Waals surface area (Å²) in [5.41, 5.74) is 0.535. The number of hydrogen-bond donors (Lipinski definition) is 1. The van der Waals surface area contributed by atoms with E-state index in [-0.39, 0.29) is 5.78 Å². The minimum absolute atomic E-state index is 0.00264. The Morgan fingerprint density at radius 3 is 2.89 bits per heavy atom. The summed E-state index contributed by atoms with van der Waals surface area (Å²) in [6, 6.07) is 5.21. The van der Waals surface area contributed by atoms with Gasteiger partial charge in [0.05, 0.1) is 32.1 Å². The van der Waals surface area contributed by atoms with Gasteiger partial charge in [-0.05, 0) is 18.2 Å². The SMILES string of the molecule is COc1ccc(OC)c(C(=O)CSC2=NCCN2)c1. The largest absolute Gasteiger partial charge is 0.497 e. The van der Waals surface area contributed by atoms with Gasteiger partial charge in [0.1, 0.15) is 11.5 Å². The Kier molecular flexibility index (Phi) is 4.68. The molecule has 0 saturated heterocycles. The number of rotatable bonds is 5. The van der Waals surface area contributed by atoms with E-state index in [1.54, 1.807) is 32.4 Å². The first-order chi connectivity index (χ1) is 9.24. The second-order valence-electron chi connectivity index (χ2n) is 3.89. The number of carbonyl (C=O) groups excluding carboxylic acids is 1. The van der Waals surface area contributed by atoms with Gasteiger partial charge in [-0.25, -0.2) is 0 Å². The van der Waals surface area contributed by atoms with Crippen LogP contribution in [0.15, 0.2) is 23.2 Å². The lowest BCUT2D eigenvalue weighted by molar-refractivity contribution is 0.101. The third kappa shape index (κ3) is 3.41. The van der Waals surface area contributed by atoms with Gasteiger partial charge in [-0.15, -0.1) is 0 Å². The Labute approximate surface area is 116 Å². The molecule has 0 aromatic heterocycles. The van der Waals surface area contributed by atoms with Crippen molar-refractivity contribution in [2.45, 2.75) is 0 Å². The lowest BCUT2D eigenvalue weighted by Gasteiger charge is -2.09. The molecule has 1 aliphatic rings. The van der Waals surface area contributed by atoms with Crippen LogP contribution in [0.3, 0.4) is 0 Å². The van der Waals surface area contributed by atoms with Gasteiger partial charge in [0.2, 0.25) is 0 Å². The van der Waals surface area contributed by atoms with E-state index < -0.39 is 0 Å². The highest BCUT2D eigenvalue weighted by atomic mass is 32.2. The summed E-state index contributed by atoms with van der Waals surface area (Å²) in [7, 11) is 3.12. The number of nitrogens with one attached hydrogen (secondary N) is 1. The van der Waals surface area contributed by atoms with E-state index in [1.165, 1.54) is 11.8 Å². The zero-order valence-corrected chi connectivity index (χ0v) is 11.8. The topological polar surface area (TPSA) is 59.9 Å². The fourth-order valence-electron chi connectivity index (χ4n) is 1.72. The van der Waals surface area contributed by atoms with Crippen molar-refractivity contribution in [1.82, 2.24) is 5.32 Å². The van der Waals surface area contributed by atoms with Crippen molar-refractivity contribution in [3.8, 4) is 11.5 Å². The summed E-state index contributed by atoms with van der Waals surface area (Å²) in [4.78, 5) is 16.4. The summed E-state index contributed by atoms with van der Waals surface area (Å²) < 4.78 is 10.3. The molecule has 19 heavy (non-hydrogen) atoms. The lowest BCUT2D eigenvalue weighted by Crippen LogP contribution is -2.17. The van der Waals surface area contributed by atoms with E-state index in [1.807, 2.05) is 0 Å². The molecule has 1 aromatic rings. The molecule has 0 radical (unpaired) electrons. The van der Waals surface area contributed by atoms with Crippen molar-refractivity contribution in [2.24, 2.45) is 4.99 Å². The monoisotopic (exact) mass is 280 g/mol. The number of thioether (sulfide) groups is 1. The average molecular weight is 280 g/mol. The number of aliphatic imine (C=N–C) groups is 1. The minimum atomic E-state index is -0.00264. The second kappa shape index (κ2) is 6.47. The molecule has 5 nitrogen and oxygen atoms in total. The minimum Gasteiger partial charge on any atom is -0.497 e. The van der Waals surface area contributed by atoms with E-state index in [0.29, 0.717) is 22.8 Å². The summed E-state index contributed by atoms with van der Waals surface area (Å²) in [6.07, 6.45) is 0. The maximum atomic E-state index is 12.2. The van der Waals surface area contributed by atoms with Crippen LogP contribution in [0.4, 0.5) is 0 Å². The molecule has 102 valence electrons. The Bertz CT molecular complexity index is 503. The maximum absolute atomic E-state index is 12.2. The van der Waals surface area contributed by atoms with Crippen LogP contribution in [0.5, 0.6) is 11.5 Å². The molecular formula is C13H16N2O3S. The van der Waals surface area contributed by atoms with E-state index >= 15 is 0 Å². The molecule has 2 rings (SSSR count). The number of carbonyl (C=O) groups is 1. The Hall–Kier alpha value is -1.69. The van der Waals surface area contributed by atoms with E-state index in [4.69, 9.17) is 9.47 Å². The van der Waals surface area contributed by atoms with Gasteiger partial charge in [0, 0.05) is 6.54 Å². The molecule has 0 bridgehead atoms. The zero-order chi connectivity index (χ0) is 13.7. The molecule has 1 aromatic carbocycles. The van der Waals surface area contributed by atoms with Crippen molar-refractivity contribution in [2.75, 3.05) is 33.1 Å². The Morgan fingerprint density at radius 2 is 2.26 bits per heavy atom. The molecule has 0 fully saturated rings.